The number of carbonyl (C=O) groups is 2. The van der Waals surface area contributed by atoms with E-state index in [9.17, 15) is 22.8 Å². The molecule has 13 heteroatoms. The number of alkyl halides is 3. The number of nitrogens with zero attached hydrogens (tertiary/aromatic N) is 3. The zero-order valence-electron chi connectivity index (χ0n) is 19.2. The third-order valence-corrected chi connectivity index (χ3v) is 6.51. The molecule has 0 bridgehead atoms. The lowest BCUT2D eigenvalue weighted by Gasteiger charge is -2.18. The van der Waals surface area contributed by atoms with Crippen LogP contribution in [0.5, 0.6) is 5.75 Å². The van der Waals surface area contributed by atoms with Gasteiger partial charge in [0.05, 0.1) is 11.6 Å². The second-order valence-corrected chi connectivity index (χ2v) is 9.79. The van der Waals surface area contributed by atoms with Gasteiger partial charge in [-0.15, -0.1) is 11.3 Å². The maximum atomic E-state index is 13.1. The van der Waals surface area contributed by atoms with Crippen molar-refractivity contribution in [2.75, 3.05) is 6.61 Å². The monoisotopic (exact) mass is 521 g/mol. The van der Waals surface area contributed by atoms with Crippen LogP contribution in [0.15, 0.2) is 36.8 Å². The van der Waals surface area contributed by atoms with Crippen molar-refractivity contribution >= 4 is 23.3 Å². The van der Waals surface area contributed by atoms with Crippen molar-refractivity contribution in [3.05, 3.63) is 58.6 Å². The number of benzene rings is 1. The van der Waals surface area contributed by atoms with E-state index in [2.05, 4.69) is 25.6 Å². The third-order valence-electron chi connectivity index (χ3n) is 5.55. The molecule has 9 nitrogen and oxygen atoms in total. The summed E-state index contributed by atoms with van der Waals surface area (Å²) in [7, 11) is 0. The van der Waals surface area contributed by atoms with Crippen molar-refractivity contribution in [2.45, 2.75) is 44.4 Å². The van der Waals surface area contributed by atoms with E-state index in [4.69, 9.17) is 9.84 Å². The molecule has 2 amide bonds. The molecule has 36 heavy (non-hydrogen) atoms. The maximum Gasteiger partial charge on any atom is 0.451 e. The molecule has 4 rings (SSSR count). The summed E-state index contributed by atoms with van der Waals surface area (Å²) in [6.45, 7) is 3.60. The fourth-order valence-electron chi connectivity index (χ4n) is 3.40. The summed E-state index contributed by atoms with van der Waals surface area (Å²) in [6.07, 6.45) is -0.756. The molecule has 2 heterocycles. The zero-order valence-corrected chi connectivity index (χ0v) is 20.0. The molecule has 3 N–H and O–H groups in total. The highest BCUT2D eigenvalue weighted by atomic mass is 32.1. The molecule has 3 aromatic rings. The first kappa shape index (κ1) is 25.4. The molecular formula is C23H22F3N5O4S. The Morgan fingerprint density at radius 1 is 1.17 bits per heavy atom. The fraction of sp³-hybridized carbons (Fsp3) is 0.348. The predicted octanol–water partition coefficient (Wildman–Crippen LogP) is 4.60. The number of thiazole rings is 1. The van der Waals surface area contributed by atoms with Gasteiger partial charge in [0.25, 0.3) is 5.91 Å². The molecule has 0 unspecified atom stereocenters. The van der Waals surface area contributed by atoms with Crippen LogP contribution in [0.3, 0.4) is 0 Å². The SMILES string of the molecule is Cc1cnc(-c2cc(OCC3(NC(=O)O)CC3)cc(C(=O)N[C@H](C)c3cnc(C(F)(F)F)nc3)c2)s1. The van der Waals surface area contributed by atoms with E-state index in [-0.39, 0.29) is 12.2 Å². The van der Waals surface area contributed by atoms with Gasteiger partial charge in [0.15, 0.2) is 0 Å². The Balaban J connectivity index is 1.54. The Kier molecular flexibility index (Phi) is 6.85. The van der Waals surface area contributed by atoms with Gasteiger partial charge < -0.3 is 20.5 Å². The first-order chi connectivity index (χ1) is 16.9. The van der Waals surface area contributed by atoms with Gasteiger partial charge in [0, 0.05) is 40.2 Å². The lowest BCUT2D eigenvalue weighted by Crippen LogP contribution is -2.40. The summed E-state index contributed by atoms with van der Waals surface area (Å²) in [6, 6.07) is 4.20. The number of hydrogen-bond acceptors (Lipinski definition) is 7. The number of ether oxygens (including phenoxy) is 1. The number of halogens is 3. The number of hydrogen-bond donors (Lipinski definition) is 3. The number of carboxylic acid groups (broad SMARTS) is 1. The van der Waals surface area contributed by atoms with Crippen molar-refractivity contribution in [1.29, 1.82) is 0 Å². The van der Waals surface area contributed by atoms with E-state index >= 15 is 0 Å². The molecule has 1 fully saturated rings. The minimum atomic E-state index is -4.66. The number of amides is 2. The average Bonchev–Trinajstić information content (AvgIpc) is 3.44. The molecule has 1 atom stereocenters. The standard InChI is InChI=1S/C23H22F3N5O4S/c1-12-8-27-19(36-12)15-5-14(6-17(7-15)35-11-22(3-4-22)31-21(33)34)18(32)30-13(2)16-9-28-20(29-10-16)23(24,25)26/h5-10,13,31H,3-4,11H2,1-2H3,(H,30,32)(H,33,34)/t13-/m1/s1. The van der Waals surface area contributed by atoms with Crippen molar-refractivity contribution in [2.24, 2.45) is 0 Å². The Morgan fingerprint density at radius 2 is 1.86 bits per heavy atom. The number of carbonyl (C=O) groups excluding carboxylic acids is 1. The predicted molar refractivity (Wildman–Crippen MR) is 124 cm³/mol. The highest BCUT2D eigenvalue weighted by Crippen LogP contribution is 2.37. The van der Waals surface area contributed by atoms with Crippen LogP contribution in [0.25, 0.3) is 10.6 Å². The topological polar surface area (TPSA) is 126 Å². The molecule has 190 valence electrons. The lowest BCUT2D eigenvalue weighted by atomic mass is 10.1. The van der Waals surface area contributed by atoms with E-state index < -0.39 is 35.6 Å². The summed E-state index contributed by atoms with van der Waals surface area (Å²) in [5.74, 6) is -1.40. The second kappa shape index (κ2) is 9.72. The van der Waals surface area contributed by atoms with Crippen LogP contribution in [0.4, 0.5) is 18.0 Å². The molecule has 2 aromatic heterocycles. The van der Waals surface area contributed by atoms with Crippen LogP contribution in [0.2, 0.25) is 0 Å². The van der Waals surface area contributed by atoms with Crippen molar-refractivity contribution < 1.29 is 32.6 Å². The van der Waals surface area contributed by atoms with Gasteiger partial charge in [-0.05, 0) is 44.9 Å². The van der Waals surface area contributed by atoms with E-state index in [1.54, 1.807) is 25.3 Å². The van der Waals surface area contributed by atoms with Crippen LogP contribution >= 0.6 is 11.3 Å². The van der Waals surface area contributed by atoms with Crippen molar-refractivity contribution in [1.82, 2.24) is 25.6 Å². The Bertz CT molecular complexity index is 1280. The van der Waals surface area contributed by atoms with Crippen LogP contribution in [0, 0.1) is 6.92 Å². The van der Waals surface area contributed by atoms with Crippen LogP contribution < -0.4 is 15.4 Å². The van der Waals surface area contributed by atoms with Crippen molar-refractivity contribution in [3.8, 4) is 16.3 Å². The largest absolute Gasteiger partial charge is 0.491 e. The number of aromatic nitrogens is 3. The summed E-state index contributed by atoms with van der Waals surface area (Å²) in [5, 5.41) is 14.9. The molecule has 0 saturated heterocycles. The van der Waals surface area contributed by atoms with Gasteiger partial charge >= 0.3 is 12.3 Å². The van der Waals surface area contributed by atoms with Gasteiger partial charge in [-0.2, -0.15) is 13.2 Å². The normalized spacial score (nSPS) is 15.1. The molecule has 1 saturated carbocycles. The highest BCUT2D eigenvalue weighted by Gasteiger charge is 2.45. The quantitative estimate of drug-likeness (QED) is 0.396. The van der Waals surface area contributed by atoms with Gasteiger partial charge in [0.2, 0.25) is 5.82 Å². The summed E-state index contributed by atoms with van der Waals surface area (Å²) < 4.78 is 44.1. The summed E-state index contributed by atoms with van der Waals surface area (Å²) in [5.41, 5.74) is 0.525. The summed E-state index contributed by atoms with van der Waals surface area (Å²) >= 11 is 1.43. The first-order valence-corrected chi connectivity index (χ1v) is 11.7. The molecule has 0 spiro atoms. The summed E-state index contributed by atoms with van der Waals surface area (Å²) in [4.78, 5) is 36.1. The molecule has 1 aliphatic rings. The van der Waals surface area contributed by atoms with E-state index in [1.807, 2.05) is 6.92 Å². The fourth-order valence-corrected chi connectivity index (χ4v) is 4.15. The molecule has 0 radical (unpaired) electrons. The van der Waals surface area contributed by atoms with Gasteiger partial charge in [-0.1, -0.05) is 0 Å². The molecule has 0 aliphatic heterocycles. The number of nitrogens with one attached hydrogen (secondary N) is 2. The lowest BCUT2D eigenvalue weighted by molar-refractivity contribution is -0.145. The van der Waals surface area contributed by atoms with Crippen LogP contribution in [-0.2, 0) is 6.18 Å². The smallest absolute Gasteiger partial charge is 0.451 e. The maximum absolute atomic E-state index is 13.1. The molecule has 1 aliphatic carbocycles. The minimum absolute atomic E-state index is 0.0972. The average molecular weight is 522 g/mol. The van der Waals surface area contributed by atoms with Crippen LogP contribution in [-0.4, -0.2) is 44.2 Å². The first-order valence-electron chi connectivity index (χ1n) is 10.9. The highest BCUT2D eigenvalue weighted by molar-refractivity contribution is 7.14. The van der Waals surface area contributed by atoms with E-state index in [1.165, 1.54) is 17.4 Å². The van der Waals surface area contributed by atoms with Crippen molar-refractivity contribution in [3.63, 3.8) is 0 Å². The molecular weight excluding hydrogens is 499 g/mol. The molecule has 1 aromatic carbocycles. The van der Waals surface area contributed by atoms with Gasteiger partial charge in [-0.3, -0.25) is 4.79 Å². The Hall–Kier alpha value is -3.74. The number of rotatable bonds is 8. The second-order valence-electron chi connectivity index (χ2n) is 8.55. The van der Waals surface area contributed by atoms with E-state index in [0.29, 0.717) is 34.7 Å². The van der Waals surface area contributed by atoms with Crippen LogP contribution in [0.1, 0.15) is 52.4 Å². The Morgan fingerprint density at radius 3 is 2.42 bits per heavy atom. The van der Waals surface area contributed by atoms with E-state index in [0.717, 1.165) is 17.3 Å². The van der Waals surface area contributed by atoms with Gasteiger partial charge in [-0.25, -0.2) is 19.7 Å². The Labute approximate surface area is 207 Å². The minimum Gasteiger partial charge on any atom is -0.491 e. The third kappa shape index (κ3) is 6.08. The number of aryl methyl sites for hydroxylation is 1. The van der Waals surface area contributed by atoms with Gasteiger partial charge in [0.1, 0.15) is 17.4 Å². The zero-order chi connectivity index (χ0) is 26.1.